The maximum absolute atomic E-state index is 12.5. The molecule has 2 fully saturated rings. The van der Waals surface area contributed by atoms with E-state index < -0.39 is 11.9 Å². The molecule has 1 heterocycles. The lowest BCUT2D eigenvalue weighted by Crippen LogP contribution is -2.58. The molecule has 114 valence electrons. The zero-order valence-corrected chi connectivity index (χ0v) is 12.4. The van der Waals surface area contributed by atoms with Gasteiger partial charge in [-0.1, -0.05) is 26.7 Å². The lowest BCUT2D eigenvalue weighted by molar-refractivity contribution is -0.144. The molecule has 0 radical (unpaired) electrons. The number of hydrogen-bond donors (Lipinski definition) is 3. The highest BCUT2D eigenvalue weighted by Crippen LogP contribution is 2.31. The maximum atomic E-state index is 12.5. The van der Waals surface area contributed by atoms with Gasteiger partial charge < -0.3 is 15.7 Å². The number of hydrogen-bond acceptors (Lipinski definition) is 3. The molecular weight excluding hydrogens is 256 g/mol. The number of carbonyl (C=O) groups excluding carboxylic acids is 1. The fourth-order valence-corrected chi connectivity index (χ4v) is 3.52. The van der Waals surface area contributed by atoms with Crippen LogP contribution in [0.3, 0.4) is 0 Å². The van der Waals surface area contributed by atoms with Gasteiger partial charge in [-0.2, -0.15) is 0 Å². The number of rotatable bonds is 3. The van der Waals surface area contributed by atoms with Crippen LogP contribution < -0.4 is 10.6 Å². The molecule has 5 nitrogen and oxygen atoms in total. The van der Waals surface area contributed by atoms with Crippen LogP contribution in [0.4, 0.5) is 0 Å². The molecule has 5 heteroatoms. The van der Waals surface area contributed by atoms with Gasteiger partial charge in [0.25, 0.3) is 0 Å². The van der Waals surface area contributed by atoms with Gasteiger partial charge in [-0.05, 0) is 37.6 Å². The highest BCUT2D eigenvalue weighted by atomic mass is 16.4. The van der Waals surface area contributed by atoms with E-state index in [-0.39, 0.29) is 23.4 Å². The van der Waals surface area contributed by atoms with Crippen LogP contribution in [0.2, 0.25) is 0 Å². The highest BCUT2D eigenvalue weighted by molar-refractivity contribution is 5.84. The van der Waals surface area contributed by atoms with Gasteiger partial charge in [0, 0.05) is 6.04 Å². The molecule has 3 N–H and O–H groups in total. The summed E-state index contributed by atoms with van der Waals surface area (Å²) in [6.07, 6.45) is 5.48. The van der Waals surface area contributed by atoms with Crippen molar-refractivity contribution < 1.29 is 14.7 Å². The van der Waals surface area contributed by atoms with Gasteiger partial charge in [0.15, 0.2) is 0 Å². The summed E-state index contributed by atoms with van der Waals surface area (Å²) in [6.45, 7) is 5.05. The van der Waals surface area contributed by atoms with E-state index in [1.807, 2.05) is 0 Å². The number of carboxylic acids is 1. The van der Waals surface area contributed by atoms with E-state index in [2.05, 4.69) is 24.5 Å². The molecule has 1 amide bonds. The van der Waals surface area contributed by atoms with E-state index in [1.54, 1.807) is 0 Å². The predicted octanol–water partition coefficient (Wildman–Crippen LogP) is 1.52. The van der Waals surface area contributed by atoms with Crippen LogP contribution in [0.5, 0.6) is 0 Å². The summed E-state index contributed by atoms with van der Waals surface area (Å²) in [6, 6.07) is -0.430. The third-order valence-electron chi connectivity index (χ3n) is 4.80. The van der Waals surface area contributed by atoms with Crippen molar-refractivity contribution in [3.8, 4) is 0 Å². The lowest BCUT2D eigenvalue weighted by Gasteiger charge is -2.40. The molecule has 2 rings (SSSR count). The highest BCUT2D eigenvalue weighted by Gasteiger charge is 2.39. The van der Waals surface area contributed by atoms with Crippen LogP contribution in [0.1, 0.15) is 52.4 Å². The van der Waals surface area contributed by atoms with E-state index >= 15 is 0 Å². The minimum absolute atomic E-state index is 0.0344. The van der Waals surface area contributed by atoms with E-state index in [1.165, 1.54) is 0 Å². The first-order valence-electron chi connectivity index (χ1n) is 7.68. The number of piperidine rings is 1. The average molecular weight is 282 g/mol. The molecule has 1 aliphatic carbocycles. The van der Waals surface area contributed by atoms with Crippen LogP contribution in [0, 0.1) is 11.3 Å². The van der Waals surface area contributed by atoms with Crippen LogP contribution in [0.15, 0.2) is 0 Å². The molecule has 0 bridgehead atoms. The minimum atomic E-state index is -0.786. The maximum Gasteiger partial charge on any atom is 0.308 e. The Hall–Kier alpha value is -1.10. The van der Waals surface area contributed by atoms with Crippen molar-refractivity contribution in [1.82, 2.24) is 10.6 Å². The van der Waals surface area contributed by atoms with Gasteiger partial charge in [0.2, 0.25) is 5.91 Å². The Kier molecular flexibility index (Phi) is 4.68. The first-order valence-corrected chi connectivity index (χ1v) is 7.68. The van der Waals surface area contributed by atoms with Crippen molar-refractivity contribution in [2.24, 2.45) is 11.3 Å². The van der Waals surface area contributed by atoms with Crippen molar-refractivity contribution in [2.45, 2.75) is 64.5 Å². The first-order chi connectivity index (χ1) is 9.42. The molecule has 3 atom stereocenters. The number of amides is 1. The summed E-state index contributed by atoms with van der Waals surface area (Å²) in [5.74, 6) is -1.25. The molecule has 1 saturated carbocycles. The third-order valence-corrected chi connectivity index (χ3v) is 4.80. The topological polar surface area (TPSA) is 78.4 Å². The second kappa shape index (κ2) is 6.12. The molecule has 2 aliphatic rings. The van der Waals surface area contributed by atoms with Crippen LogP contribution >= 0.6 is 0 Å². The smallest absolute Gasteiger partial charge is 0.308 e. The number of carboxylic acid groups (broad SMARTS) is 1. The van der Waals surface area contributed by atoms with Crippen LogP contribution in [-0.4, -0.2) is 35.6 Å². The first kappa shape index (κ1) is 15.3. The Balaban J connectivity index is 2.00. The van der Waals surface area contributed by atoms with Gasteiger partial charge in [0.1, 0.15) is 0 Å². The Labute approximate surface area is 120 Å². The van der Waals surface area contributed by atoms with Crippen molar-refractivity contribution in [3.63, 3.8) is 0 Å². The summed E-state index contributed by atoms with van der Waals surface area (Å²) < 4.78 is 0. The second-order valence-electron chi connectivity index (χ2n) is 6.82. The van der Waals surface area contributed by atoms with Crippen LogP contribution in [-0.2, 0) is 9.59 Å². The summed E-state index contributed by atoms with van der Waals surface area (Å²) in [7, 11) is 0. The van der Waals surface area contributed by atoms with Gasteiger partial charge in [-0.25, -0.2) is 0 Å². The summed E-state index contributed by atoms with van der Waals surface area (Å²) in [5.41, 5.74) is -0.0737. The minimum Gasteiger partial charge on any atom is -0.481 e. The second-order valence-corrected chi connectivity index (χ2v) is 6.82. The monoisotopic (exact) mass is 282 g/mol. The Morgan fingerprint density at radius 3 is 2.55 bits per heavy atom. The Bertz CT molecular complexity index is 381. The summed E-state index contributed by atoms with van der Waals surface area (Å²) in [5, 5.41) is 15.5. The number of aliphatic carboxylic acids is 1. The molecule has 1 saturated heterocycles. The Morgan fingerprint density at radius 2 is 1.90 bits per heavy atom. The van der Waals surface area contributed by atoms with Crippen molar-refractivity contribution >= 4 is 11.9 Å². The normalized spacial score (nSPS) is 33.4. The van der Waals surface area contributed by atoms with Crippen molar-refractivity contribution in [3.05, 3.63) is 0 Å². The average Bonchev–Trinajstić information content (AvgIpc) is 2.38. The molecule has 0 aromatic heterocycles. The van der Waals surface area contributed by atoms with Crippen molar-refractivity contribution in [1.29, 1.82) is 0 Å². The molecule has 1 aliphatic heterocycles. The standard InChI is InChI=1S/C15H26N2O3/c1-15(2)8-5-9-16-12(15)13(18)17-11-7-4-3-6-10(11)14(19)20/h10-12,16H,3-9H2,1-2H3,(H,17,18)(H,19,20). The largest absolute Gasteiger partial charge is 0.481 e. The fraction of sp³-hybridized carbons (Fsp3) is 0.867. The molecular formula is C15H26N2O3. The molecule has 3 unspecified atom stereocenters. The summed E-state index contributed by atoms with van der Waals surface area (Å²) >= 11 is 0. The Morgan fingerprint density at radius 1 is 1.20 bits per heavy atom. The van der Waals surface area contributed by atoms with Gasteiger partial charge >= 0.3 is 5.97 Å². The zero-order valence-electron chi connectivity index (χ0n) is 12.4. The van der Waals surface area contributed by atoms with E-state index in [0.29, 0.717) is 6.42 Å². The molecule has 0 aromatic carbocycles. The quantitative estimate of drug-likeness (QED) is 0.733. The van der Waals surface area contributed by atoms with E-state index in [4.69, 9.17) is 0 Å². The summed E-state index contributed by atoms with van der Waals surface area (Å²) in [4.78, 5) is 23.8. The van der Waals surface area contributed by atoms with E-state index in [0.717, 1.165) is 38.6 Å². The molecule has 0 spiro atoms. The molecule has 0 aromatic rings. The van der Waals surface area contributed by atoms with E-state index in [9.17, 15) is 14.7 Å². The van der Waals surface area contributed by atoms with Crippen molar-refractivity contribution in [2.75, 3.05) is 6.54 Å². The van der Waals surface area contributed by atoms with Gasteiger partial charge in [0.05, 0.1) is 12.0 Å². The predicted molar refractivity (Wildman–Crippen MR) is 76.3 cm³/mol. The van der Waals surface area contributed by atoms with Crippen LogP contribution in [0.25, 0.3) is 0 Å². The van der Waals surface area contributed by atoms with Gasteiger partial charge in [-0.3, -0.25) is 9.59 Å². The zero-order chi connectivity index (χ0) is 14.8. The lowest BCUT2D eigenvalue weighted by atomic mass is 9.76. The fourth-order valence-electron chi connectivity index (χ4n) is 3.52. The number of carbonyl (C=O) groups is 2. The SMILES string of the molecule is CC1(C)CCCNC1C(=O)NC1CCCCC1C(=O)O. The number of nitrogens with one attached hydrogen (secondary N) is 2. The molecule has 20 heavy (non-hydrogen) atoms. The third kappa shape index (κ3) is 3.32. The van der Waals surface area contributed by atoms with Gasteiger partial charge in [-0.15, -0.1) is 0 Å².